The fraction of sp³-hybridized carbons (Fsp3) is 1.00. The van der Waals surface area contributed by atoms with E-state index >= 15 is 0 Å². The highest BCUT2D eigenvalue weighted by Crippen LogP contribution is 2.54. The second kappa shape index (κ2) is 15.8. The summed E-state index contributed by atoms with van der Waals surface area (Å²) in [6.45, 7) is 15.1. The second-order valence-corrected chi connectivity index (χ2v) is 19.2. The van der Waals surface area contributed by atoms with Crippen molar-refractivity contribution in [2.24, 2.45) is 5.11 Å². The molecule has 10 heteroatoms. The number of hydrogen-bond acceptors (Lipinski definition) is 6. The molecule has 0 N–H and O–H groups in total. The zero-order valence-electron chi connectivity index (χ0n) is 24.9. The van der Waals surface area contributed by atoms with Crippen molar-refractivity contribution in [3.63, 3.8) is 0 Å². The van der Waals surface area contributed by atoms with Gasteiger partial charge in [-0.3, -0.25) is 4.18 Å². The van der Waals surface area contributed by atoms with Crippen molar-refractivity contribution in [3.8, 4) is 0 Å². The van der Waals surface area contributed by atoms with Crippen LogP contribution in [-0.4, -0.2) is 48.1 Å². The molecule has 0 saturated carbocycles. The van der Waals surface area contributed by atoms with E-state index in [1.165, 1.54) is 57.8 Å². The van der Waals surface area contributed by atoms with Gasteiger partial charge in [-0.05, 0) is 12.0 Å². The molecule has 0 bridgehead atoms. The van der Waals surface area contributed by atoms with Crippen molar-refractivity contribution >= 4 is 18.7 Å². The Morgan fingerprint density at radius 2 is 1.38 bits per heavy atom. The van der Waals surface area contributed by atoms with Gasteiger partial charge in [-0.1, -0.05) is 131 Å². The Labute approximate surface area is 228 Å². The monoisotopic (exact) mass is 561 g/mol. The standard InChI is InChI=1S/C27H55N3O5SSi/c1-9-10-11-12-13-14-15-16-17-18-19-20-21-24(34-36(8,31)32)25-23(29-30-28)22-33-37(35-25,26(2,3)4)27(5,6)7/h23-25H,9-22H2,1-8H3. The summed E-state index contributed by atoms with van der Waals surface area (Å²) in [7, 11) is -6.63. The summed E-state index contributed by atoms with van der Waals surface area (Å²) < 4.78 is 43.3. The van der Waals surface area contributed by atoms with Crippen molar-refractivity contribution < 1.29 is 21.5 Å². The van der Waals surface area contributed by atoms with Crippen LogP contribution in [0, 0.1) is 0 Å². The Morgan fingerprint density at radius 3 is 1.78 bits per heavy atom. The van der Waals surface area contributed by atoms with Gasteiger partial charge in [-0.2, -0.15) is 8.42 Å². The Balaban J connectivity index is 2.80. The van der Waals surface area contributed by atoms with Crippen LogP contribution in [0.4, 0.5) is 0 Å². The zero-order valence-corrected chi connectivity index (χ0v) is 26.7. The summed E-state index contributed by atoms with van der Waals surface area (Å²) >= 11 is 0. The van der Waals surface area contributed by atoms with Gasteiger partial charge < -0.3 is 8.85 Å². The normalized spacial score (nSPS) is 21.4. The molecule has 1 saturated heterocycles. The van der Waals surface area contributed by atoms with E-state index in [1.54, 1.807) is 0 Å². The number of unbranched alkanes of at least 4 members (excludes halogenated alkanes) is 11. The molecular weight excluding hydrogens is 506 g/mol. The van der Waals surface area contributed by atoms with E-state index < -0.39 is 36.9 Å². The average molecular weight is 562 g/mol. The Hall–Kier alpha value is -0.643. The molecule has 0 spiro atoms. The maximum atomic E-state index is 12.2. The second-order valence-electron chi connectivity index (χ2n) is 12.8. The van der Waals surface area contributed by atoms with E-state index in [4.69, 9.17) is 13.0 Å². The molecule has 0 amide bonds. The Kier molecular flexibility index (Phi) is 14.7. The van der Waals surface area contributed by atoms with Gasteiger partial charge in [-0.15, -0.1) is 0 Å². The molecule has 0 aromatic carbocycles. The summed E-state index contributed by atoms with van der Waals surface area (Å²) in [5.74, 6) is 0. The molecule has 1 rings (SSSR count). The van der Waals surface area contributed by atoms with Crippen LogP contribution in [-0.2, 0) is 23.2 Å². The molecule has 37 heavy (non-hydrogen) atoms. The van der Waals surface area contributed by atoms with Crippen molar-refractivity contribution in [1.29, 1.82) is 0 Å². The Morgan fingerprint density at radius 1 is 0.919 bits per heavy atom. The molecule has 218 valence electrons. The van der Waals surface area contributed by atoms with E-state index in [2.05, 4.69) is 58.5 Å². The molecule has 0 aromatic heterocycles. The molecule has 3 atom stereocenters. The minimum absolute atomic E-state index is 0.206. The molecule has 1 aliphatic rings. The minimum Gasteiger partial charge on any atom is -0.393 e. The van der Waals surface area contributed by atoms with Gasteiger partial charge in [0.15, 0.2) is 0 Å². The fourth-order valence-electron chi connectivity index (χ4n) is 5.68. The number of nitrogens with zero attached hydrogens (tertiary/aromatic N) is 3. The molecule has 1 fully saturated rings. The molecule has 3 unspecified atom stereocenters. The third-order valence-corrected chi connectivity index (χ3v) is 13.0. The highest BCUT2D eigenvalue weighted by molar-refractivity contribution is 7.86. The first-order chi connectivity index (χ1) is 17.2. The van der Waals surface area contributed by atoms with Gasteiger partial charge in [0.05, 0.1) is 18.4 Å². The quantitative estimate of drug-likeness (QED) is 0.0441. The fourth-order valence-corrected chi connectivity index (χ4v) is 11.3. The van der Waals surface area contributed by atoms with Gasteiger partial charge in [0.25, 0.3) is 10.1 Å². The van der Waals surface area contributed by atoms with Gasteiger partial charge >= 0.3 is 8.56 Å². The van der Waals surface area contributed by atoms with Crippen LogP contribution in [0.15, 0.2) is 5.11 Å². The van der Waals surface area contributed by atoms with Crippen LogP contribution < -0.4 is 0 Å². The predicted octanol–water partition coefficient (Wildman–Crippen LogP) is 8.56. The maximum Gasteiger partial charge on any atom is 0.349 e. The topological polar surface area (TPSA) is 111 Å². The SMILES string of the molecule is CCCCCCCCCCCCCCC(OS(C)(=O)=O)C1O[Si](C(C)(C)C)(C(C)(C)C)OCC1N=[N+]=[N-]. The third-order valence-electron chi connectivity index (χ3n) is 7.32. The summed E-state index contributed by atoms with van der Waals surface area (Å²) in [6, 6.07) is -0.639. The van der Waals surface area contributed by atoms with Crippen LogP contribution in [0.1, 0.15) is 132 Å². The van der Waals surface area contributed by atoms with Crippen molar-refractivity contribution in [1.82, 2.24) is 0 Å². The lowest BCUT2D eigenvalue weighted by atomic mass is 10.00. The summed E-state index contributed by atoms with van der Waals surface area (Å²) in [4.78, 5) is 3.00. The van der Waals surface area contributed by atoms with E-state index in [-0.39, 0.29) is 16.7 Å². The third kappa shape index (κ3) is 11.6. The van der Waals surface area contributed by atoms with Gasteiger partial charge in [0.2, 0.25) is 0 Å². The molecule has 0 aliphatic carbocycles. The predicted molar refractivity (Wildman–Crippen MR) is 154 cm³/mol. The smallest absolute Gasteiger partial charge is 0.349 e. The first-order valence-electron chi connectivity index (χ1n) is 14.4. The summed E-state index contributed by atoms with van der Waals surface area (Å²) in [6.07, 6.45) is 15.0. The summed E-state index contributed by atoms with van der Waals surface area (Å²) in [5, 5.41) is 3.37. The first-order valence-corrected chi connectivity index (χ1v) is 18.1. The maximum absolute atomic E-state index is 12.2. The van der Waals surface area contributed by atoms with Crippen LogP contribution in [0.3, 0.4) is 0 Å². The van der Waals surface area contributed by atoms with Crippen LogP contribution in [0.2, 0.25) is 10.1 Å². The molecule has 0 radical (unpaired) electrons. The highest BCUT2D eigenvalue weighted by atomic mass is 32.2. The van der Waals surface area contributed by atoms with Gasteiger partial charge in [0.1, 0.15) is 6.10 Å². The average Bonchev–Trinajstić information content (AvgIpc) is 2.77. The number of hydrogen-bond donors (Lipinski definition) is 0. The first kappa shape index (κ1) is 34.4. The molecule has 0 aromatic rings. The largest absolute Gasteiger partial charge is 0.393 e. The lowest BCUT2D eigenvalue weighted by molar-refractivity contribution is -0.0503. The number of rotatable bonds is 17. The lowest BCUT2D eigenvalue weighted by Gasteiger charge is -2.55. The summed E-state index contributed by atoms with van der Waals surface area (Å²) in [5.41, 5.74) is 9.19. The van der Waals surface area contributed by atoms with Crippen molar-refractivity contribution in [2.75, 3.05) is 12.9 Å². The van der Waals surface area contributed by atoms with E-state index in [9.17, 15) is 13.9 Å². The molecule has 1 heterocycles. The van der Waals surface area contributed by atoms with E-state index in [0.717, 1.165) is 25.5 Å². The lowest BCUT2D eigenvalue weighted by Crippen LogP contribution is -2.66. The molecule has 8 nitrogen and oxygen atoms in total. The molecular formula is C27H55N3O5SSi. The van der Waals surface area contributed by atoms with E-state index in [0.29, 0.717) is 6.42 Å². The number of azide groups is 1. The van der Waals surface area contributed by atoms with Crippen LogP contribution in [0.5, 0.6) is 0 Å². The Bertz CT molecular complexity index is 790. The van der Waals surface area contributed by atoms with Crippen LogP contribution >= 0.6 is 0 Å². The van der Waals surface area contributed by atoms with Gasteiger partial charge in [0, 0.05) is 21.6 Å². The van der Waals surface area contributed by atoms with Gasteiger partial charge in [-0.25, -0.2) is 0 Å². The van der Waals surface area contributed by atoms with Crippen molar-refractivity contribution in [3.05, 3.63) is 10.4 Å². The molecule has 1 aliphatic heterocycles. The zero-order chi connectivity index (χ0) is 28.2. The van der Waals surface area contributed by atoms with Crippen LogP contribution in [0.25, 0.3) is 10.4 Å². The minimum atomic E-state index is -3.73. The highest BCUT2D eigenvalue weighted by Gasteiger charge is 2.62. The van der Waals surface area contributed by atoms with Crippen molar-refractivity contribution in [2.45, 2.75) is 160 Å². The van der Waals surface area contributed by atoms with E-state index in [1.807, 2.05) is 0 Å².